The molecule has 0 aromatic carbocycles. The average molecular weight is 637 g/mol. The van der Waals surface area contributed by atoms with Gasteiger partial charge < -0.3 is 52.5 Å². The van der Waals surface area contributed by atoms with Crippen LogP contribution in [0.15, 0.2) is 0 Å². The SMILES string of the molecule is CC(=O)OC[C@@H]1O[C@@H](O[C@@H]2[C@@H](OC(C)=O)[C@@H](O)O[C@H](COC(C)=O)[C@H]2OC(C)=O)[C@H](OC(C)=O)[C@H](OC(C)=O)[C@H]1OC(C)=O. The van der Waals surface area contributed by atoms with Gasteiger partial charge in [0.05, 0.1) is 0 Å². The average Bonchev–Trinajstić information content (AvgIpc) is 2.87. The molecule has 2 heterocycles. The maximum atomic E-state index is 12.2. The Bertz CT molecular complexity index is 1090. The van der Waals surface area contributed by atoms with E-state index in [2.05, 4.69) is 0 Å². The van der Waals surface area contributed by atoms with E-state index in [1.165, 1.54) is 0 Å². The Morgan fingerprint density at radius 3 is 1.27 bits per heavy atom. The highest BCUT2D eigenvalue weighted by molar-refractivity contribution is 5.69. The number of aliphatic hydroxyl groups is 1. The molecule has 0 aromatic rings. The fraction of sp³-hybridized carbons (Fsp3) is 0.731. The van der Waals surface area contributed by atoms with E-state index in [9.17, 15) is 38.7 Å². The normalized spacial score (nSPS) is 31.5. The summed E-state index contributed by atoms with van der Waals surface area (Å²) in [6, 6.07) is 0. The highest BCUT2D eigenvalue weighted by Gasteiger charge is 2.57. The van der Waals surface area contributed by atoms with Crippen LogP contribution in [0.3, 0.4) is 0 Å². The molecule has 44 heavy (non-hydrogen) atoms. The summed E-state index contributed by atoms with van der Waals surface area (Å²) in [5.74, 6) is -6.03. The third kappa shape index (κ3) is 10.7. The zero-order chi connectivity index (χ0) is 33.3. The molecule has 248 valence electrons. The van der Waals surface area contributed by atoms with Crippen molar-refractivity contribution in [2.24, 2.45) is 0 Å². The lowest BCUT2D eigenvalue weighted by molar-refractivity contribution is -0.357. The molecule has 10 atom stereocenters. The van der Waals surface area contributed by atoms with E-state index in [0.29, 0.717) is 0 Å². The van der Waals surface area contributed by atoms with Crippen molar-refractivity contribution in [2.45, 2.75) is 110 Å². The number of hydrogen-bond acceptors (Lipinski definition) is 18. The number of rotatable bonds is 11. The summed E-state index contributed by atoms with van der Waals surface area (Å²) in [5.41, 5.74) is 0. The third-order valence-corrected chi connectivity index (χ3v) is 5.90. The van der Waals surface area contributed by atoms with Crippen molar-refractivity contribution in [1.82, 2.24) is 0 Å². The summed E-state index contributed by atoms with van der Waals surface area (Å²) >= 11 is 0. The Morgan fingerprint density at radius 1 is 0.477 bits per heavy atom. The van der Waals surface area contributed by atoms with Gasteiger partial charge in [0.25, 0.3) is 0 Å². The van der Waals surface area contributed by atoms with Crippen molar-refractivity contribution in [3.05, 3.63) is 0 Å². The van der Waals surface area contributed by atoms with Gasteiger partial charge in [0.2, 0.25) is 0 Å². The van der Waals surface area contributed by atoms with Crippen LogP contribution in [-0.4, -0.2) is 122 Å². The van der Waals surface area contributed by atoms with E-state index in [0.717, 1.165) is 48.5 Å². The minimum atomic E-state index is -1.94. The zero-order valence-electron chi connectivity index (χ0n) is 25.1. The first-order valence-electron chi connectivity index (χ1n) is 13.3. The van der Waals surface area contributed by atoms with Gasteiger partial charge in [0.1, 0.15) is 31.5 Å². The van der Waals surface area contributed by atoms with E-state index in [1.54, 1.807) is 0 Å². The van der Waals surface area contributed by atoms with E-state index in [1.807, 2.05) is 0 Å². The summed E-state index contributed by atoms with van der Waals surface area (Å²) in [7, 11) is 0. The lowest BCUT2D eigenvalue weighted by Crippen LogP contribution is -2.67. The molecular weight excluding hydrogens is 600 g/mol. The molecule has 0 aromatic heterocycles. The fourth-order valence-electron chi connectivity index (χ4n) is 4.49. The molecule has 2 aliphatic rings. The summed E-state index contributed by atoms with van der Waals surface area (Å²) in [4.78, 5) is 83.5. The molecule has 2 aliphatic heterocycles. The number of ether oxygens (including phenoxy) is 10. The Morgan fingerprint density at radius 2 is 0.841 bits per heavy atom. The maximum absolute atomic E-state index is 12.2. The molecule has 1 N–H and O–H groups in total. The second-order valence-corrected chi connectivity index (χ2v) is 9.68. The molecule has 18 nitrogen and oxygen atoms in total. The van der Waals surface area contributed by atoms with Gasteiger partial charge in [-0.15, -0.1) is 0 Å². The van der Waals surface area contributed by atoms with Crippen LogP contribution < -0.4 is 0 Å². The van der Waals surface area contributed by atoms with Crippen LogP contribution in [0, 0.1) is 0 Å². The van der Waals surface area contributed by atoms with E-state index in [4.69, 9.17) is 47.4 Å². The zero-order valence-corrected chi connectivity index (χ0v) is 25.1. The smallest absolute Gasteiger partial charge is 0.303 e. The molecule has 2 rings (SSSR count). The Balaban J connectivity index is 2.66. The van der Waals surface area contributed by atoms with Gasteiger partial charge in [-0.3, -0.25) is 33.6 Å². The topological polar surface area (TPSA) is 232 Å². The van der Waals surface area contributed by atoms with Gasteiger partial charge in [-0.2, -0.15) is 0 Å². The van der Waals surface area contributed by atoms with E-state index in [-0.39, 0.29) is 0 Å². The number of carbonyl (C=O) groups is 7. The van der Waals surface area contributed by atoms with Gasteiger partial charge in [0, 0.05) is 48.5 Å². The van der Waals surface area contributed by atoms with Crippen LogP contribution in [0.5, 0.6) is 0 Å². The lowest BCUT2D eigenvalue weighted by atomic mass is 9.96. The van der Waals surface area contributed by atoms with Crippen LogP contribution in [0.2, 0.25) is 0 Å². The van der Waals surface area contributed by atoms with Crippen LogP contribution in [0.1, 0.15) is 48.5 Å². The first-order chi connectivity index (χ1) is 20.5. The van der Waals surface area contributed by atoms with Crippen LogP contribution in [0.4, 0.5) is 0 Å². The number of hydrogen-bond donors (Lipinski definition) is 1. The standard InChI is InChI=1S/C26H36O18/c1-10(27)35-8-17-19(37-12(3)29)21(23(25(34)42-17)40-15(6)32)44-26-24(41-16(7)33)22(39-14(5)31)20(38-13(4)30)18(43-26)9-36-11(2)28/h17-26,34H,8-9H2,1-7H3/t17-,18+,19-,20+,21+,22-,23-,24-,25+,26+/m1/s1. The quantitative estimate of drug-likeness (QED) is 0.203. The minimum absolute atomic E-state index is 0.560. The Labute approximate surface area is 251 Å². The van der Waals surface area contributed by atoms with Crippen molar-refractivity contribution in [2.75, 3.05) is 13.2 Å². The molecule has 2 saturated heterocycles. The second kappa shape index (κ2) is 16.3. The fourth-order valence-corrected chi connectivity index (χ4v) is 4.49. The van der Waals surface area contributed by atoms with Gasteiger partial charge >= 0.3 is 41.8 Å². The lowest BCUT2D eigenvalue weighted by Gasteiger charge is -2.48. The van der Waals surface area contributed by atoms with Crippen LogP contribution in [-0.2, 0) is 80.9 Å². The minimum Gasteiger partial charge on any atom is -0.463 e. The van der Waals surface area contributed by atoms with Gasteiger partial charge in [0.15, 0.2) is 43.1 Å². The molecule has 0 spiro atoms. The molecular formula is C26H36O18. The molecule has 0 radical (unpaired) electrons. The molecule has 0 bridgehead atoms. The maximum Gasteiger partial charge on any atom is 0.303 e. The highest BCUT2D eigenvalue weighted by atomic mass is 16.8. The summed E-state index contributed by atoms with van der Waals surface area (Å²) in [6.07, 6.45) is -16.4. The summed E-state index contributed by atoms with van der Waals surface area (Å²) in [5, 5.41) is 10.8. The molecule has 0 unspecified atom stereocenters. The van der Waals surface area contributed by atoms with Crippen LogP contribution >= 0.6 is 0 Å². The van der Waals surface area contributed by atoms with Crippen molar-refractivity contribution in [3.8, 4) is 0 Å². The summed E-state index contributed by atoms with van der Waals surface area (Å²) < 4.78 is 54.0. The Kier molecular flexibility index (Phi) is 13.4. The number of carbonyl (C=O) groups excluding carboxylic acids is 7. The predicted octanol–water partition coefficient (Wildman–Crippen LogP) is -1.40. The molecule has 0 aliphatic carbocycles. The summed E-state index contributed by atoms with van der Waals surface area (Å²) in [6.45, 7) is 6.13. The highest BCUT2D eigenvalue weighted by Crippen LogP contribution is 2.35. The first kappa shape index (κ1) is 36.3. The Hall–Kier alpha value is -3.87. The number of esters is 7. The first-order valence-corrected chi connectivity index (χ1v) is 13.3. The predicted molar refractivity (Wildman–Crippen MR) is 135 cm³/mol. The van der Waals surface area contributed by atoms with Crippen molar-refractivity contribution in [3.63, 3.8) is 0 Å². The molecule has 18 heteroatoms. The van der Waals surface area contributed by atoms with Crippen LogP contribution in [0.25, 0.3) is 0 Å². The van der Waals surface area contributed by atoms with Gasteiger partial charge in [-0.25, -0.2) is 0 Å². The largest absolute Gasteiger partial charge is 0.463 e. The van der Waals surface area contributed by atoms with Crippen molar-refractivity contribution >= 4 is 41.8 Å². The van der Waals surface area contributed by atoms with E-state index < -0.39 is 116 Å². The van der Waals surface area contributed by atoms with Crippen molar-refractivity contribution in [1.29, 1.82) is 0 Å². The second-order valence-electron chi connectivity index (χ2n) is 9.68. The molecule has 0 saturated carbocycles. The van der Waals surface area contributed by atoms with Gasteiger partial charge in [-0.05, 0) is 0 Å². The van der Waals surface area contributed by atoms with Crippen molar-refractivity contribution < 1.29 is 86.0 Å². The molecule has 0 amide bonds. The molecule has 2 fully saturated rings. The monoisotopic (exact) mass is 636 g/mol. The third-order valence-electron chi connectivity index (χ3n) is 5.90. The number of aliphatic hydroxyl groups excluding tert-OH is 1. The van der Waals surface area contributed by atoms with E-state index >= 15 is 0 Å². The van der Waals surface area contributed by atoms with Gasteiger partial charge in [-0.1, -0.05) is 0 Å².